The van der Waals surface area contributed by atoms with Crippen LogP contribution in [0.5, 0.6) is 0 Å². The fraction of sp³-hybridized carbons (Fsp3) is 0.337. The Kier molecular flexibility index (Phi) is 46.5. The molecule has 0 unspecified atom stereocenters. The average molecular weight is 1720 g/mol. The highest BCUT2D eigenvalue weighted by Crippen LogP contribution is 2.30. The summed E-state index contributed by atoms with van der Waals surface area (Å²) >= 11 is 17.9. The van der Waals surface area contributed by atoms with Gasteiger partial charge in [0.25, 0.3) is 15.6 Å². The molecule has 0 aliphatic rings. The molecule has 0 spiro atoms. The largest absolute Gasteiger partial charge is 0.471 e. The van der Waals surface area contributed by atoms with E-state index in [1.54, 1.807) is 25.2 Å². The van der Waals surface area contributed by atoms with E-state index >= 15 is 0 Å². The molecule has 9 aromatic carbocycles. The number of ketones is 2. The minimum absolute atomic E-state index is 0.0489. The van der Waals surface area contributed by atoms with Crippen molar-refractivity contribution in [2.45, 2.75) is 195 Å². The highest BCUT2D eigenvalue weighted by molar-refractivity contribution is 7.08. The van der Waals surface area contributed by atoms with Crippen molar-refractivity contribution in [2.24, 2.45) is 0 Å². The van der Waals surface area contributed by atoms with Crippen molar-refractivity contribution < 1.29 is 51.5 Å². The number of benzene rings is 9. The van der Waals surface area contributed by atoms with Crippen molar-refractivity contribution in [1.29, 1.82) is 0 Å². The lowest BCUT2D eigenvalue weighted by Gasteiger charge is -2.13. The third-order valence-electron chi connectivity index (χ3n) is 18.0. The number of hydrogen-bond acceptors (Lipinski definition) is 10. The van der Waals surface area contributed by atoms with Gasteiger partial charge < -0.3 is 36.6 Å². The van der Waals surface area contributed by atoms with Crippen LogP contribution >= 0.6 is 46.1 Å². The summed E-state index contributed by atoms with van der Waals surface area (Å²) in [6.45, 7) is 38.7. The third kappa shape index (κ3) is 40.5. The third-order valence-corrected chi connectivity index (χ3v) is 19.2. The van der Waals surface area contributed by atoms with E-state index in [0.717, 1.165) is 51.4 Å². The van der Waals surface area contributed by atoms with Gasteiger partial charge >= 0.3 is 24.2 Å². The number of urea groups is 1. The van der Waals surface area contributed by atoms with Crippen LogP contribution in [0.15, 0.2) is 241 Å². The summed E-state index contributed by atoms with van der Waals surface area (Å²) in [5.74, 6) is 1.28. The van der Waals surface area contributed by atoms with Crippen LogP contribution in [0.25, 0.3) is 0 Å². The number of Topliss-reactive ketones (excluding diaryl/α,β-unsaturated/α-hetero) is 2. The average Bonchev–Trinajstić information content (AvgIpc) is 1.03. The molecule has 7 N–H and O–H groups in total. The number of amides is 6. The van der Waals surface area contributed by atoms with Crippen molar-refractivity contribution in [1.82, 2.24) is 5.32 Å². The van der Waals surface area contributed by atoms with Gasteiger partial charge in [0.15, 0.2) is 11.6 Å². The number of carbonyl (C=O) groups is 7. The maximum absolute atomic E-state index is 12.2. The molecule has 10 rings (SSSR count). The molecule has 0 saturated carbocycles. The molecule has 15 nitrogen and oxygen atoms in total. The Morgan fingerprint density at radius 3 is 1.02 bits per heavy atom. The molecule has 6 amide bonds. The minimum Gasteiger partial charge on any atom is -0.453 e. The quantitative estimate of drug-likeness (QED) is 0.0269. The number of anilines is 6. The Morgan fingerprint density at radius 1 is 0.375 bits per heavy atom. The first-order chi connectivity index (χ1) is 56.6. The molecular weight excluding hydrogens is 1600 g/mol. The maximum Gasteiger partial charge on any atom is 0.471 e. The van der Waals surface area contributed by atoms with Gasteiger partial charge in [0.1, 0.15) is 0 Å². The zero-order chi connectivity index (χ0) is 89.8. The second kappa shape index (κ2) is 53.9. The number of carbonyl (C=O) groups excluding carboxylic acids is 7. The lowest BCUT2D eigenvalue weighted by atomic mass is 9.97. The second-order valence-corrected chi connectivity index (χ2v) is 33.4. The van der Waals surface area contributed by atoms with Crippen LogP contribution in [0.3, 0.4) is 0 Å². The molecule has 1 heterocycles. The van der Waals surface area contributed by atoms with E-state index in [-0.39, 0.29) is 35.1 Å². The zero-order valence-electron chi connectivity index (χ0n) is 72.8. The highest BCUT2D eigenvalue weighted by Gasteiger charge is 2.38. The van der Waals surface area contributed by atoms with Gasteiger partial charge in [-0.15, -0.1) is 0 Å². The smallest absolute Gasteiger partial charge is 0.453 e. The lowest BCUT2D eigenvalue weighted by Crippen LogP contribution is -2.29. The second-order valence-electron chi connectivity index (χ2n) is 30.3. The van der Waals surface area contributed by atoms with Crippen molar-refractivity contribution >= 4 is 122 Å². The molecule has 0 saturated heterocycles. The molecule has 10 aromatic rings. The van der Waals surface area contributed by atoms with Crippen LogP contribution in [0, 0.1) is 0 Å². The van der Waals surface area contributed by atoms with Gasteiger partial charge in [0.05, 0.1) is 12.7 Å². The summed E-state index contributed by atoms with van der Waals surface area (Å²) in [6.07, 6.45) is -4.23. The number of methoxy groups -OCH3 is 1. The van der Waals surface area contributed by atoms with Crippen LogP contribution in [0.2, 0.25) is 0 Å². The Balaban J connectivity index is 0.000000355. The van der Waals surface area contributed by atoms with Crippen LogP contribution in [0.4, 0.5) is 56.9 Å². The maximum atomic E-state index is 12.2. The Morgan fingerprint density at radius 2 is 0.700 bits per heavy atom. The first kappa shape index (κ1) is 104. The van der Waals surface area contributed by atoms with Crippen molar-refractivity contribution in [3.63, 3.8) is 0 Å². The van der Waals surface area contributed by atoms with Crippen molar-refractivity contribution in [2.75, 3.05) is 52.6 Å². The molecule has 0 aliphatic carbocycles. The minimum atomic E-state index is -4.85. The van der Waals surface area contributed by atoms with Crippen LogP contribution in [0.1, 0.15) is 260 Å². The van der Waals surface area contributed by atoms with Crippen LogP contribution in [-0.2, 0) is 20.7 Å². The van der Waals surface area contributed by atoms with Crippen molar-refractivity contribution in [3.05, 3.63) is 308 Å². The molecule has 644 valence electrons. The van der Waals surface area contributed by atoms with E-state index in [1.807, 2.05) is 189 Å². The van der Waals surface area contributed by atoms with Crippen molar-refractivity contribution in [3.8, 4) is 0 Å². The molecule has 22 heteroatoms. The van der Waals surface area contributed by atoms with Gasteiger partial charge in [-0.1, -0.05) is 292 Å². The van der Waals surface area contributed by atoms with E-state index in [4.69, 9.17) is 34.8 Å². The number of nitrogens with one attached hydrogen (secondary N) is 7. The van der Waals surface area contributed by atoms with E-state index in [0.29, 0.717) is 65.5 Å². The molecule has 1 aromatic heterocycles. The van der Waals surface area contributed by atoms with E-state index < -0.39 is 27.9 Å². The predicted molar refractivity (Wildman–Crippen MR) is 497 cm³/mol. The Bertz CT molecular complexity index is 4640. The summed E-state index contributed by atoms with van der Waals surface area (Å²) in [5, 5.41) is 22.2. The van der Waals surface area contributed by atoms with E-state index in [9.17, 15) is 46.7 Å². The summed E-state index contributed by atoms with van der Waals surface area (Å²) in [7, 11) is 2.95. The first-order valence-electron chi connectivity index (χ1n) is 40.2. The van der Waals surface area contributed by atoms with Gasteiger partial charge in [-0.05, 0) is 201 Å². The molecule has 0 fully saturated rings. The van der Waals surface area contributed by atoms with Gasteiger partial charge in [0.2, 0.25) is 0 Å². The monoisotopic (exact) mass is 1720 g/mol. The number of ether oxygens (including phenoxy) is 1. The molecule has 0 aliphatic heterocycles. The van der Waals surface area contributed by atoms with Crippen LogP contribution in [-0.4, -0.2) is 72.1 Å². The standard InChI is InChI=1S/C17H18O.C14H15NOS.C12H16O.C11H12Cl3NO.C11H12F3NO.C11H16N2O.C11H15NO2.C11H17N/c1-13(2)15-9-6-10-16(12-15)17(18)11-14-7-4-3-5-8-14;1-10(2)11-4-3-5-13(8-11)15-14(16)12-6-7-17-9-12;1-4-12(13)11-7-5-6-10(8-11)9(2)3;2*1-7(2)8-4-3-5-9(6-8)15-10(16)11(12,13)14;1-8(2)9-5-4-6-10(7-9)13-11(14)12-3;1-8(2)9-5-4-6-10(7-9)12-11(13)14-3;1-4-12-11-7-5-6-10(8-11)9(2)3/h3-10,12-13H,11H2,1-2H3;3-10H,1-2H3,(H,15,16);5-9H,4H2,1-3H3;2*3-7H,1-2H3,(H,15,16);4-8H,1-3H3,(H2,12,13,14);4-8H,1-3H3,(H,12,13);5-9,12H,4H2,1-3H3. The fourth-order valence-electron chi connectivity index (χ4n) is 10.7. The summed E-state index contributed by atoms with van der Waals surface area (Å²) in [6, 6.07) is 73.4. The van der Waals surface area contributed by atoms with Gasteiger partial charge in [0, 0.05) is 77.1 Å². The predicted octanol–water partition coefficient (Wildman–Crippen LogP) is 28.0. The Labute approximate surface area is 729 Å². The normalized spacial score (nSPS) is 10.7. The topological polar surface area (TPSA) is 213 Å². The molecule has 0 radical (unpaired) electrons. The molecule has 0 bridgehead atoms. The van der Waals surface area contributed by atoms with Gasteiger partial charge in [-0.3, -0.25) is 29.3 Å². The molecule has 120 heavy (non-hydrogen) atoms. The number of halogens is 6. The summed E-state index contributed by atoms with van der Waals surface area (Å²) in [5.41, 5.74) is 17.4. The number of rotatable bonds is 21. The number of alkyl halides is 6. The number of thiophene rings is 1. The highest BCUT2D eigenvalue weighted by atomic mass is 35.6. The lowest BCUT2D eigenvalue weighted by molar-refractivity contribution is -0.167. The fourth-order valence-corrected chi connectivity index (χ4v) is 11.5. The van der Waals surface area contributed by atoms with Crippen LogP contribution < -0.4 is 37.2 Å². The zero-order valence-corrected chi connectivity index (χ0v) is 75.9. The SMILES string of the molecule is CC(C)c1cccc(C(=O)Cc2ccccc2)c1.CC(C)c1cccc(NC(=O)C(Cl)(Cl)Cl)c1.CC(C)c1cccc(NC(=O)C(F)(F)F)c1.CC(C)c1cccc(NC(=O)c2ccsc2)c1.CCC(=O)c1cccc(C(C)C)c1.CCNc1cccc(C(C)C)c1.CNC(=O)Nc1cccc(C(C)C)c1.COC(=O)Nc1cccc(C(C)C)c1. The number of hydrogen-bond donors (Lipinski definition) is 7. The van der Waals surface area contributed by atoms with E-state index in [1.165, 1.54) is 69.6 Å². The summed E-state index contributed by atoms with van der Waals surface area (Å²) in [4.78, 5) is 79.5. The van der Waals surface area contributed by atoms with Gasteiger partial charge in [-0.2, -0.15) is 24.5 Å². The molecule has 0 atom stereocenters. The first-order valence-corrected chi connectivity index (χ1v) is 42.2. The summed E-state index contributed by atoms with van der Waals surface area (Å²) < 4.78 is 38.5. The van der Waals surface area contributed by atoms with E-state index in [2.05, 4.69) is 189 Å². The molecular formula is C98H121Cl3F3N7O8S. The van der Waals surface area contributed by atoms with Gasteiger partial charge in [-0.25, -0.2) is 9.59 Å². The Hall–Kier alpha value is -10.6.